The number of nitrogens with zero attached hydrogens (tertiary/aromatic N) is 1. The number of fused-ring (bicyclic) bond motifs is 1. The summed E-state index contributed by atoms with van der Waals surface area (Å²) in [5.74, 6) is -1.45. The minimum absolute atomic E-state index is 0.0254. The Kier molecular flexibility index (Phi) is 3.30. The average Bonchev–Trinajstić information content (AvgIpc) is 2.28. The first-order valence-electron chi connectivity index (χ1n) is 4.99. The summed E-state index contributed by atoms with van der Waals surface area (Å²) in [5, 5.41) is 9.11. The zero-order chi connectivity index (χ0) is 12.3. The summed E-state index contributed by atoms with van der Waals surface area (Å²) < 4.78 is 18.2. The smallest absolute Gasteiger partial charge is 0.329 e. The van der Waals surface area contributed by atoms with Gasteiger partial charge in [-0.25, -0.2) is 9.18 Å². The van der Waals surface area contributed by atoms with Crippen molar-refractivity contribution in [2.24, 2.45) is 0 Å². The number of ether oxygens (including phenoxy) is 1. The zero-order valence-electron chi connectivity index (χ0n) is 8.89. The number of hydrogen-bond donors (Lipinski definition) is 1. The van der Waals surface area contributed by atoms with E-state index in [1.54, 1.807) is 18.3 Å². The van der Waals surface area contributed by atoms with Gasteiger partial charge in [-0.15, -0.1) is 0 Å². The molecule has 0 saturated carbocycles. The molecule has 0 unspecified atom stereocenters. The molecule has 0 radical (unpaired) electrons. The number of aromatic nitrogens is 1. The fourth-order valence-electron chi connectivity index (χ4n) is 1.59. The van der Waals surface area contributed by atoms with Crippen LogP contribution >= 0.6 is 0 Å². The lowest BCUT2D eigenvalue weighted by molar-refractivity contribution is -0.142. The number of benzene rings is 1. The third-order valence-corrected chi connectivity index (χ3v) is 2.23. The number of aliphatic carboxylic acids is 1. The van der Waals surface area contributed by atoms with Crippen LogP contribution in [0.3, 0.4) is 0 Å². The highest BCUT2D eigenvalue weighted by Crippen LogP contribution is 2.18. The summed E-state index contributed by atoms with van der Waals surface area (Å²) in [5.41, 5.74) is 1.17. The lowest BCUT2D eigenvalue weighted by atomic mass is 10.1. The van der Waals surface area contributed by atoms with Crippen molar-refractivity contribution in [1.29, 1.82) is 0 Å². The van der Waals surface area contributed by atoms with Gasteiger partial charge in [-0.05, 0) is 18.2 Å². The fourth-order valence-corrected chi connectivity index (χ4v) is 1.59. The Morgan fingerprint density at radius 2 is 2.29 bits per heavy atom. The van der Waals surface area contributed by atoms with E-state index in [-0.39, 0.29) is 12.4 Å². The first-order chi connectivity index (χ1) is 8.16. The predicted molar refractivity (Wildman–Crippen MR) is 59.0 cm³/mol. The summed E-state index contributed by atoms with van der Waals surface area (Å²) in [6.45, 7) is -0.386. The first kappa shape index (κ1) is 11.5. The average molecular weight is 235 g/mol. The van der Waals surface area contributed by atoms with Crippen LogP contribution in [0.1, 0.15) is 5.56 Å². The molecule has 0 saturated heterocycles. The van der Waals surface area contributed by atoms with Crippen molar-refractivity contribution < 1.29 is 19.0 Å². The molecule has 1 aromatic carbocycles. The van der Waals surface area contributed by atoms with Gasteiger partial charge in [0.25, 0.3) is 0 Å². The molecule has 88 valence electrons. The minimum atomic E-state index is -1.06. The summed E-state index contributed by atoms with van der Waals surface area (Å²) in [7, 11) is 0. The molecule has 0 fully saturated rings. The number of carboxylic acids is 1. The van der Waals surface area contributed by atoms with Crippen LogP contribution in [-0.2, 0) is 16.1 Å². The SMILES string of the molecule is O=C(O)COCc1cc(F)cc2cccnc12. The van der Waals surface area contributed by atoms with Crippen LogP contribution < -0.4 is 0 Å². The number of carboxylic acid groups (broad SMARTS) is 1. The van der Waals surface area contributed by atoms with Crippen LogP contribution in [0, 0.1) is 5.82 Å². The molecule has 0 aliphatic heterocycles. The molecule has 0 bridgehead atoms. The summed E-state index contributed by atoms with van der Waals surface area (Å²) in [6.07, 6.45) is 1.60. The Labute approximate surface area is 96.7 Å². The van der Waals surface area contributed by atoms with Crippen LogP contribution in [0.5, 0.6) is 0 Å². The van der Waals surface area contributed by atoms with Gasteiger partial charge in [0.2, 0.25) is 0 Å². The predicted octanol–water partition coefficient (Wildman–Crippen LogP) is 1.98. The molecular weight excluding hydrogens is 225 g/mol. The molecule has 1 heterocycles. The molecule has 0 amide bonds. The molecule has 17 heavy (non-hydrogen) atoms. The Balaban J connectivity index is 2.29. The Morgan fingerprint density at radius 3 is 3.06 bits per heavy atom. The number of rotatable bonds is 4. The van der Waals surface area contributed by atoms with E-state index in [1.807, 2.05) is 0 Å². The lowest BCUT2D eigenvalue weighted by Gasteiger charge is -2.06. The van der Waals surface area contributed by atoms with Gasteiger partial charge in [0, 0.05) is 17.1 Å². The van der Waals surface area contributed by atoms with Gasteiger partial charge in [-0.2, -0.15) is 0 Å². The van der Waals surface area contributed by atoms with E-state index in [9.17, 15) is 9.18 Å². The third-order valence-electron chi connectivity index (χ3n) is 2.23. The van der Waals surface area contributed by atoms with Crippen molar-refractivity contribution in [3.05, 3.63) is 41.8 Å². The molecule has 0 atom stereocenters. The second-order valence-electron chi connectivity index (χ2n) is 3.53. The third kappa shape index (κ3) is 2.76. The summed E-state index contributed by atoms with van der Waals surface area (Å²) in [4.78, 5) is 14.4. The van der Waals surface area contributed by atoms with E-state index in [0.29, 0.717) is 16.5 Å². The maximum Gasteiger partial charge on any atom is 0.329 e. The van der Waals surface area contributed by atoms with Gasteiger partial charge < -0.3 is 9.84 Å². The van der Waals surface area contributed by atoms with E-state index in [1.165, 1.54) is 12.1 Å². The molecule has 0 aliphatic carbocycles. The number of halogens is 1. The van der Waals surface area contributed by atoms with E-state index in [0.717, 1.165) is 0 Å². The van der Waals surface area contributed by atoms with Crippen molar-refractivity contribution in [3.8, 4) is 0 Å². The monoisotopic (exact) mass is 235 g/mol. The zero-order valence-corrected chi connectivity index (χ0v) is 8.89. The molecule has 1 N–H and O–H groups in total. The van der Waals surface area contributed by atoms with Gasteiger partial charge in [0.05, 0.1) is 12.1 Å². The second kappa shape index (κ2) is 4.88. The Bertz CT molecular complexity index is 556. The molecule has 1 aromatic heterocycles. The summed E-state index contributed by atoms with van der Waals surface area (Å²) in [6, 6.07) is 6.13. The van der Waals surface area contributed by atoms with E-state index in [4.69, 9.17) is 9.84 Å². The molecule has 2 aromatic rings. The van der Waals surface area contributed by atoms with Crippen molar-refractivity contribution >= 4 is 16.9 Å². The van der Waals surface area contributed by atoms with Crippen molar-refractivity contribution in [1.82, 2.24) is 4.98 Å². The van der Waals surface area contributed by atoms with Crippen LogP contribution in [-0.4, -0.2) is 22.7 Å². The van der Waals surface area contributed by atoms with Crippen LogP contribution in [0.25, 0.3) is 10.9 Å². The van der Waals surface area contributed by atoms with E-state index >= 15 is 0 Å². The van der Waals surface area contributed by atoms with Crippen molar-refractivity contribution in [2.45, 2.75) is 6.61 Å². The van der Waals surface area contributed by atoms with Crippen LogP contribution in [0.15, 0.2) is 30.5 Å². The van der Waals surface area contributed by atoms with Gasteiger partial charge in [0.15, 0.2) is 0 Å². The van der Waals surface area contributed by atoms with Crippen LogP contribution in [0.2, 0.25) is 0 Å². The normalized spacial score (nSPS) is 10.6. The summed E-state index contributed by atoms with van der Waals surface area (Å²) >= 11 is 0. The first-order valence-corrected chi connectivity index (χ1v) is 4.99. The number of hydrogen-bond acceptors (Lipinski definition) is 3. The van der Waals surface area contributed by atoms with Gasteiger partial charge >= 0.3 is 5.97 Å². The van der Waals surface area contributed by atoms with E-state index in [2.05, 4.69) is 4.98 Å². The molecule has 5 heteroatoms. The van der Waals surface area contributed by atoms with Crippen LogP contribution in [0.4, 0.5) is 4.39 Å². The topological polar surface area (TPSA) is 59.4 Å². The maximum atomic E-state index is 13.3. The molecule has 2 rings (SSSR count). The lowest BCUT2D eigenvalue weighted by Crippen LogP contribution is -2.07. The largest absolute Gasteiger partial charge is 0.480 e. The second-order valence-corrected chi connectivity index (χ2v) is 3.53. The maximum absolute atomic E-state index is 13.3. The quantitative estimate of drug-likeness (QED) is 0.880. The Hall–Kier alpha value is -2.01. The number of pyridine rings is 1. The molecule has 0 aliphatic rings. The van der Waals surface area contributed by atoms with Crippen molar-refractivity contribution in [2.75, 3.05) is 6.61 Å². The molecular formula is C12H10FNO3. The molecule has 0 spiro atoms. The highest BCUT2D eigenvalue weighted by molar-refractivity contribution is 5.81. The van der Waals surface area contributed by atoms with Gasteiger partial charge in [0.1, 0.15) is 12.4 Å². The van der Waals surface area contributed by atoms with Gasteiger partial charge in [-0.1, -0.05) is 6.07 Å². The standard InChI is InChI=1S/C12H10FNO3/c13-10-4-8-2-1-3-14-12(8)9(5-10)6-17-7-11(15)16/h1-5H,6-7H2,(H,15,16). The van der Waals surface area contributed by atoms with Crippen molar-refractivity contribution in [3.63, 3.8) is 0 Å². The fraction of sp³-hybridized carbons (Fsp3) is 0.167. The Morgan fingerprint density at radius 1 is 1.47 bits per heavy atom. The highest BCUT2D eigenvalue weighted by Gasteiger charge is 2.06. The van der Waals surface area contributed by atoms with E-state index < -0.39 is 12.6 Å². The minimum Gasteiger partial charge on any atom is -0.480 e. The molecule has 4 nitrogen and oxygen atoms in total. The highest BCUT2D eigenvalue weighted by atomic mass is 19.1. The van der Waals surface area contributed by atoms with Gasteiger partial charge in [-0.3, -0.25) is 4.98 Å². The number of carbonyl (C=O) groups is 1.